The highest BCUT2D eigenvalue weighted by Gasteiger charge is 2.37. The summed E-state index contributed by atoms with van der Waals surface area (Å²) in [4.78, 5) is 11.7. The maximum absolute atomic E-state index is 9.86. The first kappa shape index (κ1) is 15.1. The minimum absolute atomic E-state index is 0.358. The fourth-order valence-corrected chi connectivity index (χ4v) is 4.12. The van der Waals surface area contributed by atoms with Gasteiger partial charge in [0.2, 0.25) is 0 Å². The van der Waals surface area contributed by atoms with E-state index in [2.05, 4.69) is 28.1 Å². The molecule has 122 valence electrons. The predicted octanol–water partition coefficient (Wildman–Crippen LogP) is 3.34. The molecular weight excluding hydrogens is 296 g/mol. The van der Waals surface area contributed by atoms with Gasteiger partial charge in [-0.3, -0.25) is 0 Å². The number of aromatic nitrogens is 2. The number of piperidine rings is 1. The first-order valence-electron chi connectivity index (χ1n) is 8.80. The molecule has 24 heavy (non-hydrogen) atoms. The van der Waals surface area contributed by atoms with Crippen molar-refractivity contribution in [3.8, 4) is 6.07 Å². The summed E-state index contributed by atoms with van der Waals surface area (Å²) in [6.07, 6.45) is 5.05. The molecule has 0 N–H and O–H groups in total. The number of benzene rings is 1. The van der Waals surface area contributed by atoms with Gasteiger partial charge < -0.3 is 4.90 Å². The van der Waals surface area contributed by atoms with Crippen LogP contribution in [0.2, 0.25) is 0 Å². The lowest BCUT2D eigenvalue weighted by molar-refractivity contribution is 0.413. The molecule has 1 saturated heterocycles. The van der Waals surface area contributed by atoms with E-state index < -0.39 is 0 Å². The zero-order valence-corrected chi connectivity index (χ0v) is 14.1. The number of hydrogen-bond donors (Lipinski definition) is 0. The van der Waals surface area contributed by atoms with Crippen molar-refractivity contribution in [3.63, 3.8) is 0 Å². The maximum atomic E-state index is 9.86. The van der Waals surface area contributed by atoms with E-state index in [9.17, 15) is 5.26 Å². The molecule has 0 atom stereocenters. The highest BCUT2D eigenvalue weighted by atomic mass is 15.2. The molecule has 0 amide bonds. The number of fused-ring (bicyclic) bond motifs is 1. The number of nitrogens with zero attached hydrogens (tertiary/aromatic N) is 4. The van der Waals surface area contributed by atoms with Crippen molar-refractivity contribution in [1.29, 1.82) is 5.26 Å². The molecule has 2 aromatic rings. The zero-order chi connectivity index (χ0) is 16.6. The van der Waals surface area contributed by atoms with E-state index in [0.717, 1.165) is 56.0 Å². The fraction of sp³-hybridized carbons (Fsp3) is 0.450. The largest absolute Gasteiger partial charge is 0.356 e. The van der Waals surface area contributed by atoms with Crippen molar-refractivity contribution in [2.24, 2.45) is 0 Å². The van der Waals surface area contributed by atoms with Crippen LogP contribution in [0.1, 0.15) is 41.9 Å². The van der Waals surface area contributed by atoms with Gasteiger partial charge in [-0.2, -0.15) is 5.26 Å². The van der Waals surface area contributed by atoms with Gasteiger partial charge in [-0.05, 0) is 44.6 Å². The van der Waals surface area contributed by atoms with E-state index in [1.807, 2.05) is 25.1 Å². The molecule has 4 rings (SSSR count). The van der Waals surface area contributed by atoms with Crippen LogP contribution in [0.25, 0.3) is 0 Å². The van der Waals surface area contributed by atoms with Gasteiger partial charge in [-0.15, -0.1) is 0 Å². The van der Waals surface area contributed by atoms with Gasteiger partial charge in [0.15, 0.2) is 0 Å². The van der Waals surface area contributed by atoms with E-state index in [1.54, 1.807) is 0 Å². The van der Waals surface area contributed by atoms with Gasteiger partial charge in [-0.1, -0.05) is 30.3 Å². The van der Waals surface area contributed by atoms with Gasteiger partial charge in [0, 0.05) is 24.3 Å². The molecular formula is C20H22N4. The monoisotopic (exact) mass is 318 g/mol. The van der Waals surface area contributed by atoms with E-state index in [1.165, 1.54) is 17.7 Å². The highest BCUT2D eigenvalue weighted by Crippen LogP contribution is 2.38. The lowest BCUT2D eigenvalue weighted by atomic mass is 9.74. The molecule has 0 unspecified atom stereocenters. The van der Waals surface area contributed by atoms with Gasteiger partial charge in [-0.25, -0.2) is 9.97 Å². The molecule has 0 saturated carbocycles. The summed E-state index contributed by atoms with van der Waals surface area (Å²) in [6, 6.07) is 12.9. The van der Waals surface area contributed by atoms with Crippen molar-refractivity contribution in [1.82, 2.24) is 9.97 Å². The van der Waals surface area contributed by atoms with Gasteiger partial charge in [0.05, 0.1) is 11.5 Å². The molecule has 0 bridgehead atoms. The Kier molecular flexibility index (Phi) is 3.72. The zero-order valence-electron chi connectivity index (χ0n) is 14.1. The molecule has 1 aromatic heterocycles. The molecule has 4 heteroatoms. The lowest BCUT2D eigenvalue weighted by Crippen LogP contribution is -2.42. The van der Waals surface area contributed by atoms with Crippen molar-refractivity contribution in [2.75, 3.05) is 18.0 Å². The molecule has 1 aliphatic carbocycles. The summed E-state index contributed by atoms with van der Waals surface area (Å²) in [5.41, 5.74) is 3.36. The Hall–Kier alpha value is -2.41. The number of aryl methyl sites for hydroxylation is 2. The van der Waals surface area contributed by atoms with Gasteiger partial charge in [0.25, 0.3) is 0 Å². The molecule has 0 spiro atoms. The van der Waals surface area contributed by atoms with Gasteiger partial charge in [0.1, 0.15) is 11.6 Å². The van der Waals surface area contributed by atoms with E-state index >= 15 is 0 Å². The summed E-state index contributed by atoms with van der Waals surface area (Å²) < 4.78 is 0. The number of hydrogen-bond acceptors (Lipinski definition) is 4. The van der Waals surface area contributed by atoms with Crippen molar-refractivity contribution in [3.05, 3.63) is 53.0 Å². The third-order valence-corrected chi connectivity index (χ3v) is 5.48. The van der Waals surface area contributed by atoms with Crippen LogP contribution in [0.3, 0.4) is 0 Å². The smallest absolute Gasteiger partial charge is 0.135 e. The second kappa shape index (κ2) is 5.90. The van der Waals surface area contributed by atoms with E-state index in [-0.39, 0.29) is 5.41 Å². The molecule has 2 aliphatic rings. The number of anilines is 1. The van der Waals surface area contributed by atoms with Gasteiger partial charge >= 0.3 is 0 Å². The topological polar surface area (TPSA) is 52.8 Å². The van der Waals surface area contributed by atoms with E-state index in [4.69, 9.17) is 4.98 Å². The summed E-state index contributed by atoms with van der Waals surface area (Å²) in [7, 11) is 0. The quantitative estimate of drug-likeness (QED) is 0.852. The Bertz CT molecular complexity index is 783. The average molecular weight is 318 g/mol. The highest BCUT2D eigenvalue weighted by molar-refractivity contribution is 5.52. The summed E-state index contributed by atoms with van der Waals surface area (Å²) in [5.74, 6) is 1.99. The van der Waals surface area contributed by atoms with Crippen LogP contribution in [-0.2, 0) is 18.3 Å². The molecule has 0 radical (unpaired) electrons. The molecule has 1 aromatic carbocycles. The Morgan fingerprint density at radius 3 is 2.54 bits per heavy atom. The maximum Gasteiger partial charge on any atom is 0.135 e. The Labute approximate surface area is 143 Å². The van der Waals surface area contributed by atoms with Crippen LogP contribution >= 0.6 is 0 Å². The minimum atomic E-state index is -0.358. The number of rotatable bonds is 2. The third-order valence-electron chi connectivity index (χ3n) is 5.48. The van der Waals surface area contributed by atoms with Crippen LogP contribution in [0.5, 0.6) is 0 Å². The molecule has 2 heterocycles. The summed E-state index contributed by atoms with van der Waals surface area (Å²) in [5, 5.41) is 9.86. The first-order valence-corrected chi connectivity index (χ1v) is 8.80. The Morgan fingerprint density at radius 2 is 1.83 bits per heavy atom. The molecule has 4 nitrogen and oxygen atoms in total. The average Bonchev–Trinajstić information content (AvgIpc) is 3.10. The summed E-state index contributed by atoms with van der Waals surface area (Å²) in [6.45, 7) is 3.74. The second-order valence-corrected chi connectivity index (χ2v) is 6.92. The Morgan fingerprint density at radius 1 is 1.08 bits per heavy atom. The first-order chi connectivity index (χ1) is 11.7. The minimum Gasteiger partial charge on any atom is -0.356 e. The van der Waals surface area contributed by atoms with Crippen LogP contribution in [-0.4, -0.2) is 23.1 Å². The van der Waals surface area contributed by atoms with Crippen molar-refractivity contribution >= 4 is 5.82 Å². The molecule has 1 fully saturated rings. The van der Waals surface area contributed by atoms with Crippen molar-refractivity contribution in [2.45, 2.75) is 44.4 Å². The van der Waals surface area contributed by atoms with Crippen LogP contribution in [0.4, 0.5) is 5.82 Å². The summed E-state index contributed by atoms with van der Waals surface area (Å²) >= 11 is 0. The van der Waals surface area contributed by atoms with Crippen LogP contribution < -0.4 is 4.90 Å². The number of nitriles is 1. The second-order valence-electron chi connectivity index (χ2n) is 6.92. The standard InChI is InChI=1S/C20H22N4/c1-15-22-18-9-5-8-17(18)19(23-15)24-12-10-20(14-21,11-13-24)16-6-3-2-4-7-16/h2-4,6-7H,5,8-13H2,1H3. The third kappa shape index (κ3) is 2.45. The lowest BCUT2D eigenvalue weighted by Gasteiger charge is -2.38. The normalized spacial score (nSPS) is 18.9. The fourth-order valence-electron chi connectivity index (χ4n) is 4.12. The predicted molar refractivity (Wildman–Crippen MR) is 94.0 cm³/mol. The molecule has 1 aliphatic heterocycles. The van der Waals surface area contributed by atoms with Crippen LogP contribution in [0.15, 0.2) is 30.3 Å². The Balaban J connectivity index is 1.60. The van der Waals surface area contributed by atoms with E-state index in [0.29, 0.717) is 0 Å². The van der Waals surface area contributed by atoms with Crippen molar-refractivity contribution < 1.29 is 0 Å². The SMILES string of the molecule is Cc1nc2c(c(N3CCC(C#N)(c4ccccc4)CC3)n1)CCC2. The van der Waals surface area contributed by atoms with Crippen LogP contribution in [0, 0.1) is 18.3 Å².